The Morgan fingerprint density at radius 1 is 0.531 bits per heavy atom. The zero-order chi connectivity index (χ0) is 23.1. The summed E-state index contributed by atoms with van der Waals surface area (Å²) in [5.41, 5.74) is 0. The van der Waals surface area contributed by atoms with Gasteiger partial charge >= 0.3 is 0 Å². The van der Waals surface area contributed by atoms with Crippen LogP contribution in [0.3, 0.4) is 0 Å². The lowest BCUT2D eigenvalue weighted by atomic mass is 10.0. The summed E-state index contributed by atoms with van der Waals surface area (Å²) in [5, 5.41) is 0. The van der Waals surface area contributed by atoms with Gasteiger partial charge in [0.05, 0.1) is 13.1 Å². The minimum atomic E-state index is 1.11. The molecule has 0 saturated heterocycles. The Labute approximate surface area is 202 Å². The SMILES string of the molecule is CCCCCCCCCCCCCCC[n+]1ccn(CC)c1CCCCCCCCCC. The molecule has 0 N–H and O–H groups in total. The number of aromatic nitrogens is 2. The number of aryl methyl sites for hydroxylation is 2. The highest BCUT2D eigenvalue weighted by Gasteiger charge is 2.15. The van der Waals surface area contributed by atoms with Crippen LogP contribution >= 0.6 is 0 Å². The highest BCUT2D eigenvalue weighted by molar-refractivity contribution is 4.83. The number of imidazole rings is 1. The fourth-order valence-electron chi connectivity index (χ4n) is 4.99. The topological polar surface area (TPSA) is 8.81 Å². The zero-order valence-corrected chi connectivity index (χ0v) is 22.5. The van der Waals surface area contributed by atoms with E-state index in [0.717, 1.165) is 6.54 Å². The van der Waals surface area contributed by atoms with E-state index < -0.39 is 0 Å². The molecule has 32 heavy (non-hydrogen) atoms. The standard InChI is InChI=1S/C30H59N2/c1-4-7-9-11-13-15-16-17-18-19-21-23-25-27-32-29-28-31(6-3)30(32)26-24-22-20-14-12-10-8-5-2/h28-29H,4-27H2,1-3H3/q+1. The monoisotopic (exact) mass is 447 g/mol. The number of rotatable bonds is 24. The second-order valence-electron chi connectivity index (χ2n) is 10.2. The molecule has 0 aromatic carbocycles. The van der Waals surface area contributed by atoms with E-state index in [9.17, 15) is 0 Å². The van der Waals surface area contributed by atoms with Crippen molar-refractivity contribution in [3.63, 3.8) is 0 Å². The summed E-state index contributed by atoms with van der Waals surface area (Å²) in [6.45, 7) is 9.22. The summed E-state index contributed by atoms with van der Waals surface area (Å²) in [7, 11) is 0. The molecule has 0 unspecified atom stereocenters. The molecule has 0 aliphatic rings. The van der Waals surface area contributed by atoms with Gasteiger partial charge in [-0.3, -0.25) is 0 Å². The quantitative estimate of drug-likeness (QED) is 0.110. The predicted octanol–water partition coefficient (Wildman–Crippen LogP) is 9.57. The summed E-state index contributed by atoms with van der Waals surface area (Å²) in [6, 6.07) is 0. The smallest absolute Gasteiger partial charge is 0.235 e. The Bertz CT molecular complexity index is 505. The third-order valence-electron chi connectivity index (χ3n) is 7.19. The molecule has 1 aromatic heterocycles. The Balaban J connectivity index is 2.06. The second-order valence-corrected chi connectivity index (χ2v) is 10.2. The van der Waals surface area contributed by atoms with Crippen molar-refractivity contribution < 1.29 is 4.57 Å². The van der Waals surface area contributed by atoms with Crippen molar-refractivity contribution in [3.8, 4) is 0 Å². The van der Waals surface area contributed by atoms with Gasteiger partial charge in [0.25, 0.3) is 5.82 Å². The average molecular weight is 448 g/mol. The first-order valence-corrected chi connectivity index (χ1v) is 14.9. The minimum Gasteiger partial charge on any atom is -0.235 e. The maximum Gasteiger partial charge on any atom is 0.256 e. The molecule has 0 atom stereocenters. The van der Waals surface area contributed by atoms with Crippen LogP contribution in [0, 0.1) is 0 Å². The van der Waals surface area contributed by atoms with Gasteiger partial charge < -0.3 is 0 Å². The van der Waals surface area contributed by atoms with Gasteiger partial charge in [-0.2, -0.15) is 0 Å². The van der Waals surface area contributed by atoms with E-state index in [2.05, 4.69) is 42.3 Å². The molecule has 1 aromatic rings. The molecule has 0 amide bonds. The Morgan fingerprint density at radius 2 is 0.938 bits per heavy atom. The molecule has 2 nitrogen and oxygen atoms in total. The van der Waals surface area contributed by atoms with E-state index in [4.69, 9.17) is 0 Å². The maximum atomic E-state index is 2.56. The minimum absolute atomic E-state index is 1.11. The van der Waals surface area contributed by atoms with Crippen molar-refractivity contribution in [1.29, 1.82) is 0 Å². The normalized spacial score (nSPS) is 11.5. The molecule has 2 heteroatoms. The molecule has 0 radical (unpaired) electrons. The molecule has 0 aliphatic heterocycles. The molecular weight excluding hydrogens is 388 g/mol. The molecule has 0 bridgehead atoms. The van der Waals surface area contributed by atoms with Crippen LogP contribution < -0.4 is 4.57 Å². The van der Waals surface area contributed by atoms with Gasteiger partial charge in [0, 0.05) is 6.42 Å². The molecule has 0 saturated carbocycles. The van der Waals surface area contributed by atoms with E-state index in [1.54, 1.807) is 5.82 Å². The zero-order valence-electron chi connectivity index (χ0n) is 22.5. The highest BCUT2D eigenvalue weighted by Crippen LogP contribution is 2.13. The van der Waals surface area contributed by atoms with Crippen molar-refractivity contribution >= 4 is 0 Å². The lowest BCUT2D eigenvalue weighted by molar-refractivity contribution is -0.704. The number of nitrogens with zero attached hydrogens (tertiary/aromatic N) is 2. The van der Waals surface area contributed by atoms with Gasteiger partial charge in [-0.15, -0.1) is 0 Å². The van der Waals surface area contributed by atoms with E-state index in [1.165, 1.54) is 148 Å². The van der Waals surface area contributed by atoms with Crippen LogP contribution in [0.1, 0.15) is 161 Å². The van der Waals surface area contributed by atoms with Crippen molar-refractivity contribution in [3.05, 3.63) is 18.2 Å². The summed E-state index contributed by atoms with van der Waals surface area (Å²) < 4.78 is 5.03. The summed E-state index contributed by atoms with van der Waals surface area (Å²) in [6.07, 6.45) is 35.8. The highest BCUT2D eigenvalue weighted by atomic mass is 15.1. The van der Waals surface area contributed by atoms with Crippen molar-refractivity contribution in [2.75, 3.05) is 0 Å². The van der Waals surface area contributed by atoms with Crippen LogP contribution in [0.2, 0.25) is 0 Å². The van der Waals surface area contributed by atoms with Crippen molar-refractivity contribution in [2.45, 2.75) is 175 Å². The first-order chi connectivity index (χ1) is 15.8. The van der Waals surface area contributed by atoms with Gasteiger partial charge in [-0.1, -0.05) is 129 Å². The van der Waals surface area contributed by atoms with Crippen molar-refractivity contribution in [2.24, 2.45) is 0 Å². The number of hydrogen-bond acceptors (Lipinski definition) is 0. The molecule has 0 aliphatic carbocycles. The van der Waals surface area contributed by atoms with Gasteiger partial charge in [0.2, 0.25) is 0 Å². The lowest BCUT2D eigenvalue weighted by Crippen LogP contribution is -2.37. The molecule has 0 spiro atoms. The van der Waals surface area contributed by atoms with E-state index in [0.29, 0.717) is 0 Å². The summed E-state index contributed by atoms with van der Waals surface area (Å²) in [5.74, 6) is 1.57. The molecule has 188 valence electrons. The predicted molar refractivity (Wildman–Crippen MR) is 142 cm³/mol. The molecule has 0 fully saturated rings. The van der Waals surface area contributed by atoms with Crippen LogP contribution in [0.25, 0.3) is 0 Å². The van der Waals surface area contributed by atoms with Crippen LogP contribution in [-0.4, -0.2) is 4.57 Å². The third-order valence-corrected chi connectivity index (χ3v) is 7.19. The van der Waals surface area contributed by atoms with Crippen LogP contribution in [-0.2, 0) is 19.5 Å². The number of unbranched alkanes of at least 4 members (excludes halogenated alkanes) is 19. The van der Waals surface area contributed by atoms with Crippen LogP contribution in [0.15, 0.2) is 12.4 Å². The van der Waals surface area contributed by atoms with Gasteiger partial charge in [0.1, 0.15) is 12.4 Å². The van der Waals surface area contributed by atoms with Gasteiger partial charge in [-0.05, 0) is 26.2 Å². The molecular formula is C30H59N2+. The third kappa shape index (κ3) is 15.1. The number of hydrogen-bond donors (Lipinski definition) is 0. The maximum absolute atomic E-state index is 2.56. The molecule has 1 rings (SSSR count). The van der Waals surface area contributed by atoms with Crippen LogP contribution in [0.5, 0.6) is 0 Å². The van der Waals surface area contributed by atoms with E-state index in [-0.39, 0.29) is 0 Å². The Morgan fingerprint density at radius 3 is 1.38 bits per heavy atom. The second kappa shape index (κ2) is 22.0. The van der Waals surface area contributed by atoms with Crippen LogP contribution in [0.4, 0.5) is 0 Å². The lowest BCUT2D eigenvalue weighted by Gasteiger charge is -2.06. The van der Waals surface area contributed by atoms with Crippen molar-refractivity contribution in [1.82, 2.24) is 4.57 Å². The first kappa shape index (κ1) is 29.2. The fraction of sp³-hybridized carbons (Fsp3) is 0.900. The Hall–Kier alpha value is -0.790. The fourth-order valence-corrected chi connectivity index (χ4v) is 4.99. The summed E-state index contributed by atoms with van der Waals surface area (Å²) in [4.78, 5) is 0. The van der Waals surface area contributed by atoms with E-state index >= 15 is 0 Å². The summed E-state index contributed by atoms with van der Waals surface area (Å²) >= 11 is 0. The van der Waals surface area contributed by atoms with Gasteiger partial charge in [-0.25, -0.2) is 9.13 Å². The molecule has 1 heterocycles. The van der Waals surface area contributed by atoms with E-state index in [1.807, 2.05) is 0 Å². The average Bonchev–Trinajstić information content (AvgIpc) is 3.20. The Kier molecular flexibility index (Phi) is 20.1. The first-order valence-electron chi connectivity index (χ1n) is 14.9. The van der Waals surface area contributed by atoms with Gasteiger partial charge in [0.15, 0.2) is 0 Å². The largest absolute Gasteiger partial charge is 0.256 e.